The summed E-state index contributed by atoms with van der Waals surface area (Å²) in [6, 6.07) is 1.71. The van der Waals surface area contributed by atoms with Crippen molar-refractivity contribution in [2.24, 2.45) is 0 Å². The van der Waals surface area contributed by atoms with Gasteiger partial charge in [-0.25, -0.2) is 27.2 Å². The van der Waals surface area contributed by atoms with Crippen LogP contribution >= 0.6 is 11.8 Å². The Morgan fingerprint density at radius 1 is 1.32 bits per heavy atom. The lowest BCUT2D eigenvalue weighted by Gasteiger charge is -2.15. The molecule has 1 unspecified atom stereocenters. The molecule has 12 heteroatoms. The highest BCUT2D eigenvalue weighted by atomic mass is 32.2. The van der Waals surface area contributed by atoms with Gasteiger partial charge < -0.3 is 5.32 Å². The quantitative estimate of drug-likeness (QED) is 0.698. The van der Waals surface area contributed by atoms with Gasteiger partial charge in [-0.05, 0) is 18.6 Å². The molecule has 7 nitrogen and oxygen atoms in total. The van der Waals surface area contributed by atoms with Crippen molar-refractivity contribution >= 4 is 39.1 Å². The third-order valence-electron chi connectivity index (χ3n) is 3.91. The SMILES string of the molecule is O=C(Nc1c(F)ccc(NS(=O)(=O)CCCF)c1F)C1CSc2cncnc21. The average molecular weight is 432 g/mol. The number of carbonyl (C=O) groups is 1. The predicted molar refractivity (Wildman–Crippen MR) is 98.5 cm³/mol. The normalized spacial score (nSPS) is 15.9. The van der Waals surface area contributed by atoms with E-state index in [1.54, 1.807) is 6.20 Å². The number of aromatic nitrogens is 2. The number of nitrogens with zero attached hydrogens (tertiary/aromatic N) is 2. The van der Waals surface area contributed by atoms with E-state index >= 15 is 0 Å². The van der Waals surface area contributed by atoms with E-state index in [-0.39, 0.29) is 6.42 Å². The molecule has 2 N–H and O–H groups in total. The molecule has 0 radical (unpaired) electrons. The summed E-state index contributed by atoms with van der Waals surface area (Å²) in [6.45, 7) is -0.849. The number of sulfonamides is 1. The fourth-order valence-electron chi connectivity index (χ4n) is 2.57. The molecule has 1 amide bonds. The standard InChI is InChI=1S/C16H15F3N4O3S2/c17-4-1-5-28(25,26)23-11-3-2-10(18)15(13(11)19)22-16(24)9-7-27-12-6-20-8-21-14(9)12/h2-3,6,8-9,23H,1,4-5,7H2,(H,22,24). The lowest BCUT2D eigenvalue weighted by atomic mass is 10.1. The topological polar surface area (TPSA) is 101 Å². The molecular formula is C16H15F3N4O3S2. The van der Waals surface area contributed by atoms with Gasteiger partial charge in [-0.15, -0.1) is 11.8 Å². The summed E-state index contributed by atoms with van der Waals surface area (Å²) in [5.41, 5.74) is -0.858. The van der Waals surface area contributed by atoms with Gasteiger partial charge in [-0.3, -0.25) is 13.9 Å². The lowest BCUT2D eigenvalue weighted by molar-refractivity contribution is -0.117. The third-order valence-corrected chi connectivity index (χ3v) is 6.39. The number of alkyl halides is 1. The first-order valence-corrected chi connectivity index (χ1v) is 10.7. The van der Waals surface area contributed by atoms with Crippen LogP contribution in [0, 0.1) is 11.6 Å². The minimum atomic E-state index is -4.02. The van der Waals surface area contributed by atoms with Crippen molar-refractivity contribution in [2.75, 3.05) is 28.2 Å². The Bertz CT molecular complexity index is 1000. The third kappa shape index (κ3) is 4.38. The number of halogens is 3. The van der Waals surface area contributed by atoms with Crippen molar-refractivity contribution in [3.05, 3.63) is 42.0 Å². The van der Waals surface area contributed by atoms with Crippen LogP contribution in [0.4, 0.5) is 24.5 Å². The first-order valence-electron chi connectivity index (χ1n) is 8.10. The van der Waals surface area contributed by atoms with Crippen LogP contribution in [0.15, 0.2) is 29.6 Å². The zero-order valence-corrected chi connectivity index (χ0v) is 15.9. The van der Waals surface area contributed by atoms with E-state index in [1.165, 1.54) is 18.1 Å². The summed E-state index contributed by atoms with van der Waals surface area (Å²) in [5.74, 6) is -3.97. The molecule has 1 aliphatic heterocycles. The molecule has 2 heterocycles. The number of hydrogen-bond donors (Lipinski definition) is 2. The van der Waals surface area contributed by atoms with Gasteiger partial charge in [0.25, 0.3) is 0 Å². The van der Waals surface area contributed by atoms with Crippen LogP contribution in [0.5, 0.6) is 0 Å². The molecule has 3 rings (SSSR count). The number of amides is 1. The van der Waals surface area contributed by atoms with Gasteiger partial charge in [-0.2, -0.15) is 0 Å². The number of carbonyl (C=O) groups excluding carboxylic acids is 1. The zero-order chi connectivity index (χ0) is 20.3. The van der Waals surface area contributed by atoms with Gasteiger partial charge in [0, 0.05) is 16.8 Å². The smallest absolute Gasteiger partial charge is 0.234 e. The van der Waals surface area contributed by atoms with Crippen molar-refractivity contribution in [1.82, 2.24) is 9.97 Å². The van der Waals surface area contributed by atoms with Crippen molar-refractivity contribution in [1.29, 1.82) is 0 Å². The van der Waals surface area contributed by atoms with E-state index in [1.807, 2.05) is 4.72 Å². The van der Waals surface area contributed by atoms with Crippen LogP contribution in [-0.2, 0) is 14.8 Å². The molecule has 1 aliphatic rings. The Balaban J connectivity index is 1.82. The van der Waals surface area contributed by atoms with Crippen LogP contribution in [0.3, 0.4) is 0 Å². The van der Waals surface area contributed by atoms with Crippen LogP contribution < -0.4 is 10.0 Å². The van der Waals surface area contributed by atoms with Gasteiger partial charge in [0.1, 0.15) is 17.8 Å². The Labute approximate surface area is 163 Å². The van der Waals surface area contributed by atoms with Crippen molar-refractivity contribution in [3.8, 4) is 0 Å². The zero-order valence-electron chi connectivity index (χ0n) is 14.3. The lowest BCUT2D eigenvalue weighted by Crippen LogP contribution is -2.24. The second kappa shape index (κ2) is 8.35. The Morgan fingerprint density at radius 3 is 2.86 bits per heavy atom. The van der Waals surface area contributed by atoms with Gasteiger partial charge >= 0.3 is 0 Å². The second-order valence-corrected chi connectivity index (χ2v) is 8.78. The summed E-state index contributed by atoms with van der Waals surface area (Å²) in [6.07, 6.45) is 2.57. The van der Waals surface area contributed by atoms with Crippen LogP contribution in [-0.4, -0.2) is 42.5 Å². The number of hydrogen-bond acceptors (Lipinski definition) is 6. The minimum absolute atomic E-state index is 0.262. The maximum absolute atomic E-state index is 14.6. The molecule has 0 saturated carbocycles. The monoisotopic (exact) mass is 432 g/mol. The van der Waals surface area contributed by atoms with Gasteiger partial charge in [0.05, 0.1) is 29.7 Å². The maximum Gasteiger partial charge on any atom is 0.234 e. The summed E-state index contributed by atoms with van der Waals surface area (Å²) in [5, 5.41) is 2.17. The molecule has 1 atom stereocenters. The molecule has 1 aromatic heterocycles. The molecule has 0 spiro atoms. The molecule has 0 fully saturated rings. The predicted octanol–water partition coefficient (Wildman–Crippen LogP) is 2.68. The van der Waals surface area contributed by atoms with E-state index in [9.17, 15) is 26.4 Å². The Hall–Kier alpha value is -2.34. The molecule has 0 aliphatic carbocycles. The van der Waals surface area contributed by atoms with E-state index in [4.69, 9.17) is 0 Å². The number of benzene rings is 1. The van der Waals surface area contributed by atoms with Gasteiger partial charge in [0.2, 0.25) is 15.9 Å². The number of fused-ring (bicyclic) bond motifs is 1. The van der Waals surface area contributed by atoms with Gasteiger partial charge in [-0.1, -0.05) is 0 Å². The summed E-state index contributed by atoms with van der Waals surface area (Å²) < 4.78 is 66.5. The van der Waals surface area contributed by atoms with Crippen molar-refractivity contribution in [2.45, 2.75) is 17.2 Å². The highest BCUT2D eigenvalue weighted by molar-refractivity contribution is 7.99. The highest BCUT2D eigenvalue weighted by Gasteiger charge is 2.32. The average Bonchev–Trinajstić information content (AvgIpc) is 3.10. The molecular weight excluding hydrogens is 417 g/mol. The Kier molecular flexibility index (Phi) is 6.08. The first kappa shape index (κ1) is 20.4. The number of thioether (sulfide) groups is 1. The van der Waals surface area contributed by atoms with Crippen molar-refractivity contribution < 1.29 is 26.4 Å². The Morgan fingerprint density at radius 2 is 2.11 bits per heavy atom. The van der Waals surface area contributed by atoms with Crippen LogP contribution in [0.1, 0.15) is 18.0 Å². The second-order valence-electron chi connectivity index (χ2n) is 5.87. The van der Waals surface area contributed by atoms with Crippen LogP contribution in [0.2, 0.25) is 0 Å². The minimum Gasteiger partial charge on any atom is -0.321 e. The van der Waals surface area contributed by atoms with E-state index in [0.717, 1.165) is 12.1 Å². The molecule has 2 aromatic rings. The van der Waals surface area contributed by atoms with Crippen molar-refractivity contribution in [3.63, 3.8) is 0 Å². The highest BCUT2D eigenvalue weighted by Crippen LogP contribution is 2.38. The molecule has 0 bridgehead atoms. The first-order chi connectivity index (χ1) is 13.3. The van der Waals surface area contributed by atoms with E-state index < -0.39 is 57.3 Å². The largest absolute Gasteiger partial charge is 0.321 e. The molecule has 150 valence electrons. The molecule has 0 saturated heterocycles. The molecule has 1 aromatic carbocycles. The van der Waals surface area contributed by atoms with E-state index in [0.29, 0.717) is 16.3 Å². The van der Waals surface area contributed by atoms with Crippen LogP contribution in [0.25, 0.3) is 0 Å². The van der Waals surface area contributed by atoms with E-state index in [2.05, 4.69) is 15.3 Å². The summed E-state index contributed by atoms with van der Waals surface area (Å²) >= 11 is 1.35. The fraction of sp³-hybridized carbons (Fsp3) is 0.312. The van der Waals surface area contributed by atoms with Gasteiger partial charge in [0.15, 0.2) is 5.82 Å². The fourth-order valence-corrected chi connectivity index (χ4v) is 4.79. The number of anilines is 2. The summed E-state index contributed by atoms with van der Waals surface area (Å²) in [7, 11) is -4.02. The number of rotatable bonds is 7. The summed E-state index contributed by atoms with van der Waals surface area (Å²) in [4.78, 5) is 21.1. The molecule has 28 heavy (non-hydrogen) atoms. The number of nitrogens with one attached hydrogen (secondary N) is 2. The maximum atomic E-state index is 14.6.